The Morgan fingerprint density at radius 1 is 1.24 bits per heavy atom. The van der Waals surface area contributed by atoms with Crippen molar-refractivity contribution >= 4 is 5.78 Å². The average Bonchev–Trinajstić information content (AvgIpc) is 2.76. The highest BCUT2D eigenvalue weighted by molar-refractivity contribution is 5.87. The van der Waals surface area contributed by atoms with E-state index in [1.165, 1.54) is 0 Å². The van der Waals surface area contributed by atoms with Crippen molar-refractivity contribution < 1.29 is 19.0 Å². The minimum atomic E-state index is -0.653. The second kappa shape index (κ2) is 5.04. The lowest BCUT2D eigenvalue weighted by atomic mass is 9.91. The SMILES string of the molecule is CCCCC1(C)OCC2(CCC1=O)OCCO2. The van der Waals surface area contributed by atoms with Gasteiger partial charge in [0.15, 0.2) is 11.6 Å². The van der Waals surface area contributed by atoms with Gasteiger partial charge < -0.3 is 14.2 Å². The summed E-state index contributed by atoms with van der Waals surface area (Å²) in [4.78, 5) is 12.1. The van der Waals surface area contributed by atoms with E-state index in [2.05, 4.69) is 6.92 Å². The van der Waals surface area contributed by atoms with Crippen LogP contribution in [0.25, 0.3) is 0 Å². The number of ketones is 1. The van der Waals surface area contributed by atoms with Crippen molar-refractivity contribution in [3.05, 3.63) is 0 Å². The largest absolute Gasteiger partial charge is 0.362 e. The van der Waals surface area contributed by atoms with Gasteiger partial charge in [-0.2, -0.15) is 0 Å². The van der Waals surface area contributed by atoms with Crippen LogP contribution in [0.2, 0.25) is 0 Å². The fraction of sp³-hybridized carbons (Fsp3) is 0.923. The van der Waals surface area contributed by atoms with E-state index in [9.17, 15) is 4.79 Å². The molecule has 1 spiro atoms. The van der Waals surface area contributed by atoms with E-state index in [4.69, 9.17) is 14.2 Å². The molecule has 0 amide bonds. The molecule has 0 N–H and O–H groups in total. The Bertz CT molecular complexity index is 283. The average molecular weight is 242 g/mol. The molecule has 0 bridgehead atoms. The summed E-state index contributed by atoms with van der Waals surface area (Å²) in [5.74, 6) is -0.471. The van der Waals surface area contributed by atoms with Gasteiger partial charge in [0.25, 0.3) is 0 Å². The first-order valence-corrected chi connectivity index (χ1v) is 6.55. The highest BCUT2D eigenvalue weighted by atomic mass is 16.8. The molecule has 1 unspecified atom stereocenters. The van der Waals surface area contributed by atoms with Crippen molar-refractivity contribution in [2.75, 3.05) is 19.8 Å². The molecule has 0 saturated carbocycles. The van der Waals surface area contributed by atoms with Gasteiger partial charge in [-0.3, -0.25) is 4.79 Å². The van der Waals surface area contributed by atoms with E-state index in [1.54, 1.807) is 0 Å². The molecule has 98 valence electrons. The summed E-state index contributed by atoms with van der Waals surface area (Å²) in [5, 5.41) is 0. The summed E-state index contributed by atoms with van der Waals surface area (Å²) >= 11 is 0. The number of carbonyl (C=O) groups is 1. The molecule has 0 aliphatic carbocycles. The Morgan fingerprint density at radius 3 is 2.59 bits per heavy atom. The Morgan fingerprint density at radius 2 is 1.94 bits per heavy atom. The second-order valence-corrected chi connectivity index (χ2v) is 5.15. The minimum Gasteiger partial charge on any atom is -0.362 e. The van der Waals surface area contributed by atoms with Crippen molar-refractivity contribution in [2.45, 2.75) is 57.3 Å². The summed E-state index contributed by atoms with van der Waals surface area (Å²) in [6.45, 7) is 5.60. The minimum absolute atomic E-state index is 0.182. The quantitative estimate of drug-likeness (QED) is 0.760. The molecule has 0 aromatic carbocycles. The maximum absolute atomic E-state index is 12.1. The first kappa shape index (κ1) is 13.0. The molecule has 4 nitrogen and oxygen atoms in total. The Balaban J connectivity index is 2.03. The van der Waals surface area contributed by atoms with Crippen LogP contribution in [0.1, 0.15) is 46.0 Å². The lowest BCUT2D eigenvalue weighted by molar-refractivity contribution is -0.207. The zero-order chi connectivity index (χ0) is 12.4. The Labute approximate surface area is 103 Å². The number of hydrogen-bond acceptors (Lipinski definition) is 4. The van der Waals surface area contributed by atoms with Crippen LogP contribution in [0.3, 0.4) is 0 Å². The van der Waals surface area contributed by atoms with E-state index >= 15 is 0 Å². The lowest BCUT2D eigenvalue weighted by Crippen LogP contribution is -2.40. The number of rotatable bonds is 3. The van der Waals surface area contributed by atoms with Crippen LogP contribution in [0.5, 0.6) is 0 Å². The maximum atomic E-state index is 12.1. The van der Waals surface area contributed by atoms with E-state index in [-0.39, 0.29) is 5.78 Å². The third-order valence-electron chi connectivity index (χ3n) is 3.75. The lowest BCUT2D eigenvalue weighted by Gasteiger charge is -2.29. The van der Waals surface area contributed by atoms with Crippen molar-refractivity contribution in [1.29, 1.82) is 0 Å². The van der Waals surface area contributed by atoms with E-state index in [1.807, 2.05) is 6.92 Å². The second-order valence-electron chi connectivity index (χ2n) is 5.15. The number of ether oxygens (including phenoxy) is 3. The molecule has 2 aliphatic heterocycles. The first-order valence-electron chi connectivity index (χ1n) is 6.55. The van der Waals surface area contributed by atoms with Gasteiger partial charge in [0.1, 0.15) is 12.2 Å². The summed E-state index contributed by atoms with van der Waals surface area (Å²) in [5.41, 5.74) is -0.644. The van der Waals surface area contributed by atoms with Crippen molar-refractivity contribution in [3.8, 4) is 0 Å². The van der Waals surface area contributed by atoms with Gasteiger partial charge in [-0.15, -0.1) is 0 Å². The van der Waals surface area contributed by atoms with Crippen LogP contribution < -0.4 is 0 Å². The van der Waals surface area contributed by atoms with Gasteiger partial charge in [0, 0.05) is 12.8 Å². The Kier molecular flexibility index (Phi) is 3.85. The molecule has 0 aromatic heterocycles. The van der Waals surface area contributed by atoms with Gasteiger partial charge in [-0.1, -0.05) is 19.8 Å². The Hall–Kier alpha value is -0.450. The van der Waals surface area contributed by atoms with Crippen LogP contribution in [0, 0.1) is 0 Å². The molecule has 2 saturated heterocycles. The fourth-order valence-electron chi connectivity index (χ4n) is 2.44. The van der Waals surface area contributed by atoms with Crippen LogP contribution in [-0.2, 0) is 19.0 Å². The smallest absolute Gasteiger partial charge is 0.192 e. The topological polar surface area (TPSA) is 44.8 Å². The van der Waals surface area contributed by atoms with E-state index in [0.717, 1.165) is 19.3 Å². The van der Waals surface area contributed by atoms with Gasteiger partial charge >= 0.3 is 0 Å². The highest BCUT2D eigenvalue weighted by Crippen LogP contribution is 2.34. The zero-order valence-electron chi connectivity index (χ0n) is 10.8. The van der Waals surface area contributed by atoms with Gasteiger partial charge in [-0.25, -0.2) is 0 Å². The third kappa shape index (κ3) is 2.69. The van der Waals surface area contributed by atoms with Crippen LogP contribution in [-0.4, -0.2) is 37.0 Å². The molecule has 2 fully saturated rings. The third-order valence-corrected chi connectivity index (χ3v) is 3.75. The van der Waals surface area contributed by atoms with Crippen molar-refractivity contribution in [1.82, 2.24) is 0 Å². The van der Waals surface area contributed by atoms with E-state index < -0.39 is 11.4 Å². The van der Waals surface area contributed by atoms with Crippen molar-refractivity contribution in [2.24, 2.45) is 0 Å². The normalized spacial score (nSPS) is 32.9. The predicted octanol–water partition coefficient (Wildman–Crippen LogP) is 2.06. The molecule has 1 atom stereocenters. The van der Waals surface area contributed by atoms with Gasteiger partial charge in [-0.05, 0) is 13.3 Å². The van der Waals surface area contributed by atoms with Crippen LogP contribution >= 0.6 is 0 Å². The molecule has 17 heavy (non-hydrogen) atoms. The van der Waals surface area contributed by atoms with Gasteiger partial charge in [0.05, 0.1) is 13.2 Å². The summed E-state index contributed by atoms with van der Waals surface area (Å²) in [6.07, 6.45) is 3.98. The summed E-state index contributed by atoms with van der Waals surface area (Å²) in [7, 11) is 0. The summed E-state index contributed by atoms with van der Waals surface area (Å²) in [6, 6.07) is 0. The number of unbranched alkanes of at least 4 members (excludes halogenated alkanes) is 1. The molecule has 2 aliphatic rings. The molecular weight excluding hydrogens is 220 g/mol. The van der Waals surface area contributed by atoms with E-state index in [0.29, 0.717) is 32.7 Å². The van der Waals surface area contributed by atoms with Crippen LogP contribution in [0.4, 0.5) is 0 Å². The maximum Gasteiger partial charge on any atom is 0.192 e. The summed E-state index contributed by atoms with van der Waals surface area (Å²) < 4.78 is 17.1. The van der Waals surface area contributed by atoms with Crippen LogP contribution in [0.15, 0.2) is 0 Å². The predicted molar refractivity (Wildman–Crippen MR) is 62.8 cm³/mol. The van der Waals surface area contributed by atoms with Crippen molar-refractivity contribution in [3.63, 3.8) is 0 Å². The molecule has 2 rings (SSSR count). The van der Waals surface area contributed by atoms with Gasteiger partial charge in [0.2, 0.25) is 0 Å². The zero-order valence-corrected chi connectivity index (χ0v) is 10.8. The molecule has 4 heteroatoms. The molecule has 0 radical (unpaired) electrons. The molecule has 0 aromatic rings. The monoisotopic (exact) mass is 242 g/mol. The highest BCUT2D eigenvalue weighted by Gasteiger charge is 2.45. The number of Topliss-reactive ketones (excluding diaryl/α,β-unsaturated/α-hetero) is 1. The molecule has 2 heterocycles. The number of carbonyl (C=O) groups excluding carboxylic acids is 1. The molecular formula is C13H22O4. The standard InChI is InChI=1S/C13H22O4/c1-3-4-6-12(2)11(14)5-7-13(10-17-12)15-8-9-16-13/h3-10H2,1-2H3. The number of hydrogen-bond donors (Lipinski definition) is 0. The first-order chi connectivity index (χ1) is 8.10. The fourth-order valence-corrected chi connectivity index (χ4v) is 2.44.